The molecule has 0 aliphatic carbocycles. The minimum Gasteiger partial charge on any atom is -0.490 e. The number of aryl methyl sites for hydroxylation is 2. The maximum atomic E-state index is 14.9. The SMILES string of the molecule is CCN(CC)CCCOc1ccc(Nc2ncc3c(=O)n(-c4c(C)cccc4C)c4nc5ccccc5n4c3n2)cc1F. The molecule has 43 heavy (non-hydrogen) atoms. The number of benzene rings is 3. The van der Waals surface area contributed by atoms with Crippen LogP contribution in [0.2, 0.25) is 0 Å². The zero-order valence-electron chi connectivity index (χ0n) is 24.8. The molecule has 3 heterocycles. The van der Waals surface area contributed by atoms with Crippen LogP contribution in [0.3, 0.4) is 0 Å². The highest BCUT2D eigenvalue weighted by Gasteiger charge is 2.20. The lowest BCUT2D eigenvalue weighted by Gasteiger charge is -2.17. The Morgan fingerprint density at radius 1 is 0.977 bits per heavy atom. The second-order valence-electron chi connectivity index (χ2n) is 10.5. The summed E-state index contributed by atoms with van der Waals surface area (Å²) in [7, 11) is 0. The van der Waals surface area contributed by atoms with Crippen LogP contribution in [0.1, 0.15) is 31.4 Å². The van der Waals surface area contributed by atoms with Crippen molar-refractivity contribution in [1.29, 1.82) is 0 Å². The van der Waals surface area contributed by atoms with Crippen LogP contribution in [0, 0.1) is 19.7 Å². The fourth-order valence-corrected chi connectivity index (χ4v) is 5.53. The summed E-state index contributed by atoms with van der Waals surface area (Å²) >= 11 is 0. The summed E-state index contributed by atoms with van der Waals surface area (Å²) in [4.78, 5) is 30.3. The number of ether oxygens (including phenoxy) is 1. The summed E-state index contributed by atoms with van der Waals surface area (Å²) in [5, 5.41) is 3.42. The first-order chi connectivity index (χ1) is 20.9. The maximum Gasteiger partial charge on any atom is 0.270 e. The van der Waals surface area contributed by atoms with Gasteiger partial charge in [0, 0.05) is 24.5 Å². The number of fused-ring (bicyclic) bond motifs is 5. The number of halogens is 1. The Morgan fingerprint density at radius 2 is 1.74 bits per heavy atom. The van der Waals surface area contributed by atoms with E-state index < -0.39 is 5.82 Å². The van der Waals surface area contributed by atoms with Gasteiger partial charge in [-0.15, -0.1) is 0 Å². The summed E-state index contributed by atoms with van der Waals surface area (Å²) in [6, 6.07) is 18.3. The Bertz CT molecular complexity index is 1990. The topological polar surface area (TPSA) is 89.6 Å². The summed E-state index contributed by atoms with van der Waals surface area (Å²) < 4.78 is 24.1. The van der Waals surface area contributed by atoms with E-state index in [-0.39, 0.29) is 17.3 Å². The van der Waals surface area contributed by atoms with Crippen LogP contribution in [-0.2, 0) is 0 Å². The fraction of sp³-hybridized carbons (Fsp3) is 0.273. The molecule has 0 saturated heterocycles. The number of nitrogens with zero attached hydrogens (tertiary/aromatic N) is 6. The first-order valence-electron chi connectivity index (χ1n) is 14.6. The molecule has 0 atom stereocenters. The Balaban J connectivity index is 1.37. The number of aromatic nitrogens is 5. The standard InChI is InChI=1S/C33H34FN7O2/c1-5-39(6-2)17-10-18-43-28-16-15-23(19-25(28)34)36-32-35-20-24-30(38-32)40-27-14-8-7-13-26(27)37-33(40)41(31(24)42)29-21(3)11-9-12-22(29)4/h7-9,11-16,19-20H,5-6,10,17-18H2,1-4H3,(H,35,36,38). The van der Waals surface area contributed by atoms with Crippen molar-refractivity contribution in [1.82, 2.24) is 28.8 Å². The highest BCUT2D eigenvalue weighted by Crippen LogP contribution is 2.27. The minimum atomic E-state index is -0.479. The molecule has 0 spiro atoms. The first kappa shape index (κ1) is 28.3. The average molecular weight is 580 g/mol. The summed E-state index contributed by atoms with van der Waals surface area (Å²) in [5.41, 5.74) is 4.82. The third-order valence-electron chi connectivity index (χ3n) is 7.78. The van der Waals surface area contributed by atoms with Crippen molar-refractivity contribution in [2.75, 3.05) is 31.6 Å². The van der Waals surface area contributed by atoms with Gasteiger partial charge in [-0.25, -0.2) is 18.9 Å². The Morgan fingerprint density at radius 3 is 2.49 bits per heavy atom. The van der Waals surface area contributed by atoms with Crippen molar-refractivity contribution in [3.05, 3.63) is 94.2 Å². The fourth-order valence-electron chi connectivity index (χ4n) is 5.53. The first-order valence-corrected chi connectivity index (χ1v) is 14.6. The average Bonchev–Trinajstić information content (AvgIpc) is 3.39. The number of hydrogen-bond acceptors (Lipinski definition) is 7. The molecule has 0 aliphatic rings. The van der Waals surface area contributed by atoms with E-state index in [4.69, 9.17) is 14.7 Å². The molecule has 0 aliphatic heterocycles. The quantitative estimate of drug-likeness (QED) is 0.194. The van der Waals surface area contributed by atoms with Gasteiger partial charge in [0.1, 0.15) is 5.39 Å². The largest absolute Gasteiger partial charge is 0.490 e. The molecule has 10 heteroatoms. The predicted molar refractivity (Wildman–Crippen MR) is 168 cm³/mol. The van der Waals surface area contributed by atoms with Gasteiger partial charge in [-0.05, 0) is 68.8 Å². The highest BCUT2D eigenvalue weighted by atomic mass is 19.1. The van der Waals surface area contributed by atoms with E-state index in [1.807, 2.05) is 60.7 Å². The third-order valence-corrected chi connectivity index (χ3v) is 7.78. The molecule has 220 valence electrons. The van der Waals surface area contributed by atoms with Gasteiger partial charge >= 0.3 is 0 Å². The molecule has 1 N–H and O–H groups in total. The highest BCUT2D eigenvalue weighted by molar-refractivity contribution is 5.88. The van der Waals surface area contributed by atoms with Crippen LogP contribution in [0.5, 0.6) is 5.75 Å². The Labute approximate surface area is 248 Å². The molecule has 6 aromatic rings. The van der Waals surface area contributed by atoms with Crippen LogP contribution < -0.4 is 15.6 Å². The summed E-state index contributed by atoms with van der Waals surface area (Å²) in [6.45, 7) is 11.5. The molecule has 0 bridgehead atoms. The van der Waals surface area contributed by atoms with Crippen molar-refractivity contribution in [2.45, 2.75) is 34.1 Å². The van der Waals surface area contributed by atoms with Crippen molar-refractivity contribution >= 4 is 39.5 Å². The molecule has 0 unspecified atom stereocenters. The van der Waals surface area contributed by atoms with Crippen LogP contribution in [0.25, 0.3) is 33.5 Å². The van der Waals surface area contributed by atoms with Gasteiger partial charge < -0.3 is 15.0 Å². The normalized spacial score (nSPS) is 11.7. The van der Waals surface area contributed by atoms with E-state index in [9.17, 15) is 9.18 Å². The van der Waals surface area contributed by atoms with Crippen molar-refractivity contribution in [3.8, 4) is 11.4 Å². The van der Waals surface area contributed by atoms with Gasteiger partial charge in [-0.2, -0.15) is 4.98 Å². The van der Waals surface area contributed by atoms with Crippen molar-refractivity contribution in [3.63, 3.8) is 0 Å². The molecule has 0 radical (unpaired) electrons. The van der Waals surface area contributed by atoms with E-state index >= 15 is 0 Å². The van der Waals surface area contributed by atoms with Crippen LogP contribution in [-0.4, -0.2) is 55.1 Å². The number of nitrogens with one attached hydrogen (secondary N) is 1. The van der Waals surface area contributed by atoms with Crippen LogP contribution in [0.4, 0.5) is 16.0 Å². The van der Waals surface area contributed by atoms with E-state index in [1.54, 1.807) is 16.7 Å². The second-order valence-corrected chi connectivity index (χ2v) is 10.5. The molecule has 3 aromatic heterocycles. The number of para-hydroxylation sites is 3. The lowest BCUT2D eigenvalue weighted by atomic mass is 10.1. The summed E-state index contributed by atoms with van der Waals surface area (Å²) in [5.74, 6) is 0.397. The van der Waals surface area contributed by atoms with Gasteiger partial charge in [-0.3, -0.25) is 9.20 Å². The van der Waals surface area contributed by atoms with Crippen LogP contribution >= 0.6 is 0 Å². The zero-order chi connectivity index (χ0) is 30.1. The molecule has 6 rings (SSSR count). The van der Waals surface area contributed by atoms with E-state index in [0.717, 1.165) is 53.9 Å². The summed E-state index contributed by atoms with van der Waals surface area (Å²) in [6.07, 6.45) is 2.32. The molecular weight excluding hydrogens is 545 g/mol. The van der Waals surface area contributed by atoms with Crippen molar-refractivity contribution < 1.29 is 9.13 Å². The predicted octanol–water partition coefficient (Wildman–Crippen LogP) is 6.19. The van der Waals surface area contributed by atoms with E-state index in [1.165, 1.54) is 12.3 Å². The molecule has 0 saturated carbocycles. The van der Waals surface area contributed by atoms with E-state index in [2.05, 4.69) is 29.0 Å². The smallest absolute Gasteiger partial charge is 0.270 e. The Kier molecular flexibility index (Phi) is 7.77. The van der Waals surface area contributed by atoms with Gasteiger partial charge in [-0.1, -0.05) is 44.2 Å². The minimum absolute atomic E-state index is 0.197. The maximum absolute atomic E-state index is 14.9. The number of anilines is 2. The van der Waals surface area contributed by atoms with Gasteiger partial charge in [0.25, 0.3) is 5.56 Å². The molecular formula is C33H34FN7O2. The zero-order valence-corrected chi connectivity index (χ0v) is 24.8. The number of rotatable bonds is 10. The molecule has 0 amide bonds. The molecule has 9 nitrogen and oxygen atoms in total. The number of imidazole rings is 1. The van der Waals surface area contributed by atoms with Crippen molar-refractivity contribution in [2.24, 2.45) is 0 Å². The van der Waals surface area contributed by atoms with Gasteiger partial charge in [0.05, 0.1) is 23.3 Å². The van der Waals surface area contributed by atoms with E-state index in [0.29, 0.717) is 29.1 Å². The molecule has 3 aromatic carbocycles. The number of hydrogen-bond donors (Lipinski definition) is 1. The van der Waals surface area contributed by atoms with Crippen LogP contribution in [0.15, 0.2) is 71.7 Å². The molecule has 0 fully saturated rings. The van der Waals surface area contributed by atoms with Gasteiger partial charge in [0.15, 0.2) is 17.2 Å². The Hall–Kier alpha value is -4.83. The lowest BCUT2D eigenvalue weighted by molar-refractivity contribution is 0.243. The monoisotopic (exact) mass is 579 g/mol. The second kappa shape index (κ2) is 11.8. The van der Waals surface area contributed by atoms with Gasteiger partial charge in [0.2, 0.25) is 11.7 Å². The lowest BCUT2D eigenvalue weighted by Crippen LogP contribution is -2.25. The third kappa shape index (κ3) is 5.30.